The third-order valence-corrected chi connectivity index (χ3v) is 4.26. The Morgan fingerprint density at radius 3 is 1.54 bits per heavy atom. The molecule has 0 aliphatic carbocycles. The van der Waals surface area contributed by atoms with E-state index in [-0.39, 0.29) is 12.5 Å². The average Bonchev–Trinajstić information content (AvgIpc) is 2.53. The van der Waals surface area contributed by atoms with Crippen molar-refractivity contribution in [1.82, 2.24) is 10.6 Å². The van der Waals surface area contributed by atoms with Crippen LogP contribution in [0.1, 0.15) is 96.8 Å². The Balaban J connectivity index is 3.07. The third kappa shape index (κ3) is 18.9. The quantitative estimate of drug-likeness (QED) is 0.346. The number of hydrogen-bond donors (Lipinski definition) is 3. The van der Waals surface area contributed by atoms with E-state index in [2.05, 4.69) is 12.2 Å². The summed E-state index contributed by atoms with van der Waals surface area (Å²) in [6.45, 7) is 3.23. The summed E-state index contributed by atoms with van der Waals surface area (Å²) < 4.78 is 0. The van der Waals surface area contributed by atoms with Crippen LogP contribution in [0.3, 0.4) is 0 Å². The van der Waals surface area contributed by atoms with Crippen molar-refractivity contribution < 1.29 is 9.59 Å². The number of amides is 3. The number of unbranched alkanes of at least 4 members (excludes halogenated alkanes) is 13. The molecule has 0 radical (unpaired) electrons. The molecular weight excluding hydrogens is 302 g/mol. The van der Waals surface area contributed by atoms with E-state index in [0.717, 1.165) is 13.0 Å². The Morgan fingerprint density at radius 2 is 1.12 bits per heavy atom. The summed E-state index contributed by atoms with van der Waals surface area (Å²) in [7, 11) is 0. The molecule has 0 aliphatic heterocycles. The first-order valence-corrected chi connectivity index (χ1v) is 9.96. The first-order chi connectivity index (χ1) is 11.7. The number of rotatable bonds is 17. The van der Waals surface area contributed by atoms with Crippen LogP contribution in [-0.2, 0) is 4.79 Å². The van der Waals surface area contributed by atoms with Crippen molar-refractivity contribution in [2.45, 2.75) is 96.8 Å². The van der Waals surface area contributed by atoms with Gasteiger partial charge in [-0.1, -0.05) is 90.4 Å². The Kier molecular flexibility index (Phi) is 17.4. The molecule has 0 aromatic carbocycles. The van der Waals surface area contributed by atoms with E-state index >= 15 is 0 Å². The molecule has 4 N–H and O–H groups in total. The fourth-order valence-electron chi connectivity index (χ4n) is 2.83. The van der Waals surface area contributed by atoms with Crippen LogP contribution in [0.2, 0.25) is 0 Å². The summed E-state index contributed by atoms with van der Waals surface area (Å²) in [5.74, 6) is -0.368. The number of primary amides is 1. The van der Waals surface area contributed by atoms with Gasteiger partial charge in [-0.05, 0) is 13.0 Å². The summed E-state index contributed by atoms with van der Waals surface area (Å²) in [5, 5.41) is 5.05. The van der Waals surface area contributed by atoms with Gasteiger partial charge in [-0.3, -0.25) is 10.1 Å². The molecule has 5 nitrogen and oxygen atoms in total. The van der Waals surface area contributed by atoms with Gasteiger partial charge in [0.1, 0.15) is 0 Å². The molecule has 0 unspecified atom stereocenters. The molecule has 0 aromatic rings. The zero-order valence-electron chi connectivity index (χ0n) is 15.7. The van der Waals surface area contributed by atoms with Gasteiger partial charge in [0.2, 0.25) is 5.91 Å². The number of carbonyl (C=O) groups excluding carboxylic acids is 2. The van der Waals surface area contributed by atoms with Gasteiger partial charge in [0.25, 0.3) is 0 Å². The second-order valence-electron chi connectivity index (χ2n) is 6.69. The van der Waals surface area contributed by atoms with E-state index in [9.17, 15) is 9.59 Å². The van der Waals surface area contributed by atoms with Gasteiger partial charge in [0, 0.05) is 0 Å². The minimum absolute atomic E-state index is 0.154. The standard InChI is InChI=1S/C19H39N3O2/c1-2-3-4-5-6-7-8-9-10-11-12-13-14-15-16-21-17-18(23)22-19(20)24/h21H,2-17H2,1H3,(H3,20,22,23,24). The number of imide groups is 1. The van der Waals surface area contributed by atoms with Crippen LogP contribution in [0.5, 0.6) is 0 Å². The van der Waals surface area contributed by atoms with E-state index < -0.39 is 6.03 Å². The van der Waals surface area contributed by atoms with Crippen molar-refractivity contribution >= 4 is 11.9 Å². The van der Waals surface area contributed by atoms with Gasteiger partial charge in [0.05, 0.1) is 6.54 Å². The van der Waals surface area contributed by atoms with Crippen LogP contribution in [0.15, 0.2) is 0 Å². The molecule has 0 atom stereocenters. The normalized spacial score (nSPS) is 10.7. The van der Waals surface area contributed by atoms with E-state index in [1.54, 1.807) is 0 Å². The van der Waals surface area contributed by atoms with Crippen LogP contribution in [0, 0.1) is 0 Å². The number of carbonyl (C=O) groups is 2. The molecule has 24 heavy (non-hydrogen) atoms. The Hall–Kier alpha value is -1.10. The van der Waals surface area contributed by atoms with Gasteiger partial charge in [-0.2, -0.15) is 0 Å². The Morgan fingerprint density at radius 1 is 0.708 bits per heavy atom. The van der Waals surface area contributed by atoms with Crippen molar-refractivity contribution in [3.8, 4) is 0 Å². The molecule has 0 bridgehead atoms. The van der Waals surface area contributed by atoms with Gasteiger partial charge in [-0.25, -0.2) is 4.79 Å². The molecule has 0 fully saturated rings. The van der Waals surface area contributed by atoms with Crippen LogP contribution in [0.25, 0.3) is 0 Å². The fourth-order valence-corrected chi connectivity index (χ4v) is 2.83. The van der Waals surface area contributed by atoms with E-state index in [4.69, 9.17) is 5.73 Å². The summed E-state index contributed by atoms with van der Waals surface area (Å²) >= 11 is 0. The molecule has 5 heteroatoms. The Bertz CT molecular complexity index is 309. The lowest BCUT2D eigenvalue weighted by Gasteiger charge is -2.05. The predicted molar refractivity (Wildman–Crippen MR) is 101 cm³/mol. The van der Waals surface area contributed by atoms with Crippen LogP contribution < -0.4 is 16.4 Å². The molecule has 0 heterocycles. The molecule has 0 rings (SSSR count). The maximum Gasteiger partial charge on any atom is 0.318 e. The topological polar surface area (TPSA) is 84.2 Å². The minimum Gasteiger partial charge on any atom is -0.351 e. The van der Waals surface area contributed by atoms with Gasteiger partial charge in [0.15, 0.2) is 0 Å². The fraction of sp³-hybridized carbons (Fsp3) is 0.895. The lowest BCUT2D eigenvalue weighted by Crippen LogP contribution is -2.40. The summed E-state index contributed by atoms with van der Waals surface area (Å²) in [6, 6.07) is -0.793. The molecule has 142 valence electrons. The molecule has 0 saturated heterocycles. The van der Waals surface area contributed by atoms with Crippen molar-refractivity contribution in [2.24, 2.45) is 5.73 Å². The summed E-state index contributed by atoms with van der Waals surface area (Å²) in [6.07, 6.45) is 18.8. The van der Waals surface area contributed by atoms with E-state index in [0.29, 0.717) is 0 Å². The van der Waals surface area contributed by atoms with E-state index in [1.807, 2.05) is 5.32 Å². The monoisotopic (exact) mass is 341 g/mol. The summed E-state index contributed by atoms with van der Waals surface area (Å²) in [5.41, 5.74) is 4.86. The highest BCUT2D eigenvalue weighted by Crippen LogP contribution is 2.12. The predicted octanol–water partition coefficient (Wildman–Crippen LogP) is 4.25. The SMILES string of the molecule is CCCCCCCCCCCCCCCCNCC(=O)NC(N)=O. The largest absolute Gasteiger partial charge is 0.351 e. The first kappa shape index (κ1) is 22.9. The smallest absolute Gasteiger partial charge is 0.318 e. The maximum absolute atomic E-state index is 11.1. The average molecular weight is 342 g/mol. The molecule has 0 aliphatic rings. The van der Waals surface area contributed by atoms with Crippen LogP contribution in [0.4, 0.5) is 4.79 Å². The van der Waals surface area contributed by atoms with Crippen molar-refractivity contribution in [3.05, 3.63) is 0 Å². The number of urea groups is 1. The number of nitrogens with two attached hydrogens (primary N) is 1. The minimum atomic E-state index is -0.793. The molecule has 0 saturated carbocycles. The lowest BCUT2D eigenvalue weighted by atomic mass is 10.0. The second kappa shape index (κ2) is 18.2. The second-order valence-corrected chi connectivity index (χ2v) is 6.69. The lowest BCUT2D eigenvalue weighted by molar-refractivity contribution is -0.119. The molecular formula is C19H39N3O2. The zero-order chi connectivity index (χ0) is 17.9. The van der Waals surface area contributed by atoms with Gasteiger partial charge < -0.3 is 11.1 Å². The third-order valence-electron chi connectivity index (χ3n) is 4.26. The van der Waals surface area contributed by atoms with Crippen molar-refractivity contribution in [1.29, 1.82) is 0 Å². The van der Waals surface area contributed by atoms with Crippen molar-refractivity contribution in [3.63, 3.8) is 0 Å². The first-order valence-electron chi connectivity index (χ1n) is 9.96. The highest BCUT2D eigenvalue weighted by molar-refractivity contribution is 5.94. The van der Waals surface area contributed by atoms with E-state index in [1.165, 1.54) is 83.5 Å². The zero-order valence-corrected chi connectivity index (χ0v) is 15.7. The van der Waals surface area contributed by atoms with Gasteiger partial charge >= 0.3 is 6.03 Å². The molecule has 0 spiro atoms. The van der Waals surface area contributed by atoms with Crippen LogP contribution in [-0.4, -0.2) is 25.0 Å². The summed E-state index contributed by atoms with van der Waals surface area (Å²) in [4.78, 5) is 21.6. The maximum atomic E-state index is 11.1. The van der Waals surface area contributed by atoms with Crippen molar-refractivity contribution in [2.75, 3.05) is 13.1 Å². The number of nitrogens with one attached hydrogen (secondary N) is 2. The van der Waals surface area contributed by atoms with Gasteiger partial charge in [-0.15, -0.1) is 0 Å². The van der Waals surface area contributed by atoms with Crippen LogP contribution >= 0.6 is 0 Å². The highest BCUT2D eigenvalue weighted by atomic mass is 16.2. The Labute approximate surface area is 148 Å². The number of hydrogen-bond acceptors (Lipinski definition) is 3. The molecule has 3 amide bonds. The highest BCUT2D eigenvalue weighted by Gasteiger charge is 2.02. The molecule has 0 aromatic heterocycles.